The molecule has 2 saturated heterocycles. The van der Waals surface area contributed by atoms with E-state index in [9.17, 15) is 19.5 Å². The first-order valence-corrected chi connectivity index (χ1v) is 8.60. The molecule has 2 fully saturated rings. The van der Waals surface area contributed by atoms with Crippen molar-refractivity contribution in [2.24, 2.45) is 5.92 Å². The number of ether oxygens (including phenoxy) is 1. The van der Waals surface area contributed by atoms with Gasteiger partial charge in [-0.05, 0) is 12.5 Å². The number of nitrogens with zero attached hydrogens (tertiary/aromatic N) is 3. The van der Waals surface area contributed by atoms with Gasteiger partial charge >= 0.3 is 6.09 Å². The van der Waals surface area contributed by atoms with Crippen LogP contribution in [0.4, 0.5) is 4.79 Å². The summed E-state index contributed by atoms with van der Waals surface area (Å²) in [6.45, 7) is 1.66. The van der Waals surface area contributed by atoms with Gasteiger partial charge in [-0.15, -0.1) is 0 Å². The van der Waals surface area contributed by atoms with E-state index in [2.05, 4.69) is 0 Å². The van der Waals surface area contributed by atoms with Crippen LogP contribution in [-0.2, 0) is 9.53 Å². The van der Waals surface area contributed by atoms with Crippen molar-refractivity contribution >= 4 is 12.0 Å². The molecule has 3 aliphatic heterocycles. The average Bonchev–Trinajstić information content (AvgIpc) is 3.01. The van der Waals surface area contributed by atoms with Crippen molar-refractivity contribution in [1.29, 1.82) is 0 Å². The zero-order valence-corrected chi connectivity index (χ0v) is 13.8. The predicted octanol–water partition coefficient (Wildman–Crippen LogP) is -0.220. The topological polar surface area (TPSA) is 92.1 Å². The molecule has 4 rings (SSSR count). The molecule has 0 radical (unpaired) electrons. The molecule has 0 aromatic carbocycles. The number of likely N-dealkylation sites (tertiary alicyclic amines) is 1. The van der Waals surface area contributed by atoms with Crippen molar-refractivity contribution in [3.05, 3.63) is 34.2 Å². The van der Waals surface area contributed by atoms with E-state index in [0.29, 0.717) is 26.2 Å². The molecule has 2 amide bonds. The minimum Gasteiger partial charge on any atom is -0.448 e. The molecular formula is C17H21N3O5. The number of carbonyl (C=O) groups is 2. The molecule has 3 atom stereocenters. The minimum absolute atomic E-state index is 0.0175. The Morgan fingerprint density at radius 3 is 2.84 bits per heavy atom. The third-order valence-corrected chi connectivity index (χ3v) is 5.51. The number of fused-ring (bicyclic) bond motifs is 4. The average molecular weight is 347 g/mol. The summed E-state index contributed by atoms with van der Waals surface area (Å²) in [4.78, 5) is 39.6. The molecule has 8 heteroatoms. The number of carbonyl (C=O) groups excluding carboxylic acids is 2. The van der Waals surface area contributed by atoms with Gasteiger partial charge in [-0.25, -0.2) is 4.79 Å². The Morgan fingerprint density at radius 2 is 2.12 bits per heavy atom. The molecule has 0 aliphatic carbocycles. The first-order chi connectivity index (χ1) is 12.1. The molecule has 1 aromatic rings. The van der Waals surface area contributed by atoms with Crippen LogP contribution >= 0.6 is 0 Å². The van der Waals surface area contributed by atoms with Crippen LogP contribution in [0.1, 0.15) is 24.1 Å². The maximum absolute atomic E-state index is 12.7. The lowest BCUT2D eigenvalue weighted by atomic mass is 9.78. The van der Waals surface area contributed by atoms with E-state index >= 15 is 0 Å². The number of hydrogen-bond donors (Lipinski definition) is 1. The van der Waals surface area contributed by atoms with Crippen LogP contribution in [0.2, 0.25) is 0 Å². The van der Waals surface area contributed by atoms with E-state index in [0.717, 1.165) is 12.1 Å². The van der Waals surface area contributed by atoms with Gasteiger partial charge in [0.15, 0.2) is 0 Å². The van der Waals surface area contributed by atoms with Crippen molar-refractivity contribution < 1.29 is 19.4 Å². The van der Waals surface area contributed by atoms with Gasteiger partial charge in [0.25, 0.3) is 5.56 Å². The van der Waals surface area contributed by atoms with Gasteiger partial charge in [0, 0.05) is 36.7 Å². The zero-order chi connectivity index (χ0) is 17.6. The largest absolute Gasteiger partial charge is 0.448 e. The second-order valence-corrected chi connectivity index (χ2v) is 6.94. The minimum atomic E-state index is -0.448. The number of amides is 2. The molecule has 134 valence electrons. The molecule has 0 unspecified atom stereocenters. The van der Waals surface area contributed by atoms with Crippen LogP contribution in [0.25, 0.3) is 0 Å². The van der Waals surface area contributed by atoms with Crippen LogP contribution in [-0.4, -0.2) is 70.9 Å². The Morgan fingerprint density at radius 1 is 1.28 bits per heavy atom. The summed E-state index contributed by atoms with van der Waals surface area (Å²) >= 11 is 0. The summed E-state index contributed by atoms with van der Waals surface area (Å²) in [5.41, 5.74) is 0.770. The van der Waals surface area contributed by atoms with E-state index in [4.69, 9.17) is 4.74 Å². The van der Waals surface area contributed by atoms with Gasteiger partial charge in [0.1, 0.15) is 13.2 Å². The fourth-order valence-corrected chi connectivity index (χ4v) is 4.31. The first kappa shape index (κ1) is 16.1. The van der Waals surface area contributed by atoms with Gasteiger partial charge in [0.05, 0.1) is 19.2 Å². The summed E-state index contributed by atoms with van der Waals surface area (Å²) in [7, 11) is 0. The molecule has 0 saturated carbocycles. The monoisotopic (exact) mass is 347 g/mol. The second-order valence-electron chi connectivity index (χ2n) is 6.94. The highest BCUT2D eigenvalue weighted by Crippen LogP contribution is 2.40. The van der Waals surface area contributed by atoms with E-state index in [1.165, 1.54) is 11.0 Å². The van der Waals surface area contributed by atoms with Gasteiger partial charge in [-0.3, -0.25) is 14.5 Å². The summed E-state index contributed by atoms with van der Waals surface area (Å²) in [6.07, 6.45) is 0.403. The van der Waals surface area contributed by atoms with Crippen LogP contribution in [0, 0.1) is 5.92 Å². The highest BCUT2D eigenvalue weighted by atomic mass is 16.6. The summed E-state index contributed by atoms with van der Waals surface area (Å²) in [5.74, 6) is -0.00673. The molecule has 8 nitrogen and oxygen atoms in total. The van der Waals surface area contributed by atoms with Crippen LogP contribution in [0.5, 0.6) is 0 Å². The van der Waals surface area contributed by atoms with E-state index < -0.39 is 6.09 Å². The molecule has 1 N–H and O–H groups in total. The molecule has 1 aromatic heterocycles. The van der Waals surface area contributed by atoms with Gasteiger partial charge < -0.3 is 19.3 Å². The van der Waals surface area contributed by atoms with Crippen molar-refractivity contribution in [3.63, 3.8) is 0 Å². The SMILES string of the molecule is O=C(CN1CCOC1=O)N1C[C@H]2C[C@@H](C1)[C@H](CO)n1c2cccc1=O. The first-order valence-electron chi connectivity index (χ1n) is 8.60. The number of rotatable bonds is 3. The number of piperidine rings is 1. The Labute approximate surface area is 144 Å². The summed E-state index contributed by atoms with van der Waals surface area (Å²) in [6, 6.07) is 4.82. The maximum atomic E-state index is 12.7. The third-order valence-electron chi connectivity index (χ3n) is 5.51. The standard InChI is InChI=1S/C17H21N3O5/c21-10-14-12-6-11(13-2-1-3-15(22)20(13)14)7-19(8-12)16(23)9-18-4-5-25-17(18)24/h1-3,11-12,14,21H,4-10H2/t11-,12+,14+/m1/s1. The highest BCUT2D eigenvalue weighted by molar-refractivity contribution is 5.83. The molecule has 3 aliphatic rings. The molecule has 0 spiro atoms. The summed E-state index contributed by atoms with van der Waals surface area (Å²) < 4.78 is 6.56. The van der Waals surface area contributed by atoms with Crippen molar-refractivity contribution in [1.82, 2.24) is 14.4 Å². The molecular weight excluding hydrogens is 326 g/mol. The van der Waals surface area contributed by atoms with Crippen LogP contribution < -0.4 is 5.56 Å². The number of hydrogen-bond acceptors (Lipinski definition) is 5. The zero-order valence-electron chi connectivity index (χ0n) is 13.8. The molecule has 4 heterocycles. The number of aliphatic hydroxyl groups excluding tert-OH is 1. The van der Waals surface area contributed by atoms with E-state index in [-0.39, 0.29) is 42.5 Å². The van der Waals surface area contributed by atoms with E-state index in [1.54, 1.807) is 15.5 Å². The lowest BCUT2D eigenvalue weighted by Gasteiger charge is -2.46. The number of aliphatic hydroxyl groups is 1. The molecule has 2 bridgehead atoms. The number of cyclic esters (lactones) is 1. The van der Waals surface area contributed by atoms with E-state index in [1.807, 2.05) is 6.07 Å². The molecule has 25 heavy (non-hydrogen) atoms. The Hall–Kier alpha value is -2.35. The van der Waals surface area contributed by atoms with Crippen LogP contribution in [0.15, 0.2) is 23.0 Å². The quantitative estimate of drug-likeness (QED) is 0.816. The Balaban J connectivity index is 1.57. The lowest BCUT2D eigenvalue weighted by Crippen LogP contribution is -2.53. The second kappa shape index (κ2) is 6.18. The summed E-state index contributed by atoms with van der Waals surface area (Å²) in [5, 5.41) is 9.83. The van der Waals surface area contributed by atoms with Crippen molar-refractivity contribution in [2.45, 2.75) is 18.4 Å². The van der Waals surface area contributed by atoms with Gasteiger partial charge in [-0.2, -0.15) is 0 Å². The van der Waals surface area contributed by atoms with Gasteiger partial charge in [-0.1, -0.05) is 6.07 Å². The Bertz CT molecular complexity index is 761. The van der Waals surface area contributed by atoms with Crippen molar-refractivity contribution in [3.8, 4) is 0 Å². The van der Waals surface area contributed by atoms with Crippen LogP contribution in [0.3, 0.4) is 0 Å². The van der Waals surface area contributed by atoms with Gasteiger partial charge in [0.2, 0.25) is 5.91 Å². The smallest absolute Gasteiger partial charge is 0.410 e. The number of aromatic nitrogens is 1. The normalized spacial score (nSPS) is 27.9. The Kier molecular flexibility index (Phi) is 3.99. The fourth-order valence-electron chi connectivity index (χ4n) is 4.31. The number of pyridine rings is 1. The lowest BCUT2D eigenvalue weighted by molar-refractivity contribution is -0.135. The maximum Gasteiger partial charge on any atom is 0.410 e. The highest BCUT2D eigenvalue weighted by Gasteiger charge is 2.42. The third kappa shape index (κ3) is 2.70. The van der Waals surface area contributed by atoms with Crippen molar-refractivity contribution in [2.75, 3.05) is 39.4 Å². The predicted molar refractivity (Wildman–Crippen MR) is 87.2 cm³/mol. The fraction of sp³-hybridized carbons (Fsp3) is 0.588.